The van der Waals surface area contributed by atoms with Gasteiger partial charge in [-0.3, -0.25) is 4.79 Å². The van der Waals surface area contributed by atoms with Crippen LogP contribution >= 0.6 is 11.6 Å². The van der Waals surface area contributed by atoms with Crippen molar-refractivity contribution in [3.63, 3.8) is 0 Å². The second-order valence-electron chi connectivity index (χ2n) is 7.91. The van der Waals surface area contributed by atoms with Gasteiger partial charge in [0.15, 0.2) is 0 Å². The van der Waals surface area contributed by atoms with Gasteiger partial charge in [-0.1, -0.05) is 48.0 Å². The summed E-state index contributed by atoms with van der Waals surface area (Å²) in [7, 11) is 0. The van der Waals surface area contributed by atoms with E-state index in [1.165, 1.54) is 16.8 Å². The SMILES string of the molecule is Cc1cccc(N2CCN(C(=O)c3cccc(OCc4ccccc4Cl)c3)CC2)c1C. The zero-order valence-electron chi connectivity index (χ0n) is 18.0. The van der Waals surface area contributed by atoms with Gasteiger partial charge in [-0.25, -0.2) is 0 Å². The molecule has 1 fully saturated rings. The summed E-state index contributed by atoms with van der Waals surface area (Å²) in [6.07, 6.45) is 0. The Bertz CT molecular complexity index is 1070. The molecule has 0 unspecified atom stereocenters. The number of aryl methyl sites for hydroxylation is 1. The lowest BCUT2D eigenvalue weighted by Gasteiger charge is -2.37. The van der Waals surface area contributed by atoms with Gasteiger partial charge in [0.25, 0.3) is 5.91 Å². The number of halogens is 1. The Labute approximate surface area is 189 Å². The molecule has 5 heteroatoms. The van der Waals surface area contributed by atoms with Crippen LogP contribution in [0.4, 0.5) is 5.69 Å². The summed E-state index contributed by atoms with van der Waals surface area (Å²) in [5.41, 5.74) is 5.44. The second-order valence-corrected chi connectivity index (χ2v) is 8.31. The monoisotopic (exact) mass is 434 g/mol. The fourth-order valence-electron chi connectivity index (χ4n) is 3.91. The molecule has 0 radical (unpaired) electrons. The molecular weight excluding hydrogens is 408 g/mol. The maximum atomic E-state index is 13.1. The Morgan fingerprint density at radius 2 is 1.68 bits per heavy atom. The number of carbonyl (C=O) groups is 1. The van der Waals surface area contributed by atoms with Gasteiger partial charge in [-0.15, -0.1) is 0 Å². The van der Waals surface area contributed by atoms with Crippen LogP contribution in [0.3, 0.4) is 0 Å². The molecule has 0 atom stereocenters. The minimum absolute atomic E-state index is 0.0452. The first-order valence-corrected chi connectivity index (χ1v) is 11.0. The highest BCUT2D eigenvalue weighted by Crippen LogP contribution is 2.25. The van der Waals surface area contributed by atoms with Gasteiger partial charge >= 0.3 is 0 Å². The minimum atomic E-state index is 0.0452. The van der Waals surface area contributed by atoms with Gasteiger partial charge in [0.1, 0.15) is 12.4 Å². The van der Waals surface area contributed by atoms with Crippen molar-refractivity contribution in [2.75, 3.05) is 31.1 Å². The number of hydrogen-bond acceptors (Lipinski definition) is 3. The van der Waals surface area contributed by atoms with Gasteiger partial charge in [0.2, 0.25) is 0 Å². The standard InChI is InChI=1S/C26H27ClN2O2/c1-19-7-5-12-25(20(19)2)28-13-15-29(16-14-28)26(30)21-9-6-10-23(17-21)31-18-22-8-3-4-11-24(22)27/h3-12,17H,13-16,18H2,1-2H3. The highest BCUT2D eigenvalue weighted by Gasteiger charge is 2.23. The van der Waals surface area contributed by atoms with Crippen molar-refractivity contribution in [2.45, 2.75) is 20.5 Å². The average Bonchev–Trinajstić information content (AvgIpc) is 2.80. The van der Waals surface area contributed by atoms with E-state index in [1.807, 2.05) is 53.4 Å². The summed E-state index contributed by atoms with van der Waals surface area (Å²) in [5.74, 6) is 0.712. The predicted molar refractivity (Wildman–Crippen MR) is 126 cm³/mol. The van der Waals surface area contributed by atoms with Crippen molar-refractivity contribution in [1.82, 2.24) is 4.90 Å². The normalized spacial score (nSPS) is 13.9. The molecule has 1 aliphatic rings. The summed E-state index contributed by atoms with van der Waals surface area (Å²) < 4.78 is 5.89. The van der Waals surface area contributed by atoms with Crippen molar-refractivity contribution in [3.8, 4) is 5.75 Å². The molecule has 1 saturated heterocycles. The quantitative estimate of drug-likeness (QED) is 0.531. The number of carbonyl (C=O) groups excluding carboxylic acids is 1. The molecule has 160 valence electrons. The number of anilines is 1. The second kappa shape index (κ2) is 9.44. The number of ether oxygens (including phenoxy) is 1. The zero-order valence-corrected chi connectivity index (χ0v) is 18.7. The number of hydrogen-bond donors (Lipinski definition) is 0. The van der Waals surface area contributed by atoms with E-state index in [0.29, 0.717) is 36.0 Å². The van der Waals surface area contributed by atoms with E-state index in [2.05, 4.69) is 36.9 Å². The van der Waals surface area contributed by atoms with Crippen molar-refractivity contribution in [3.05, 3.63) is 94.0 Å². The number of piperazine rings is 1. The smallest absolute Gasteiger partial charge is 0.254 e. The van der Waals surface area contributed by atoms with Crippen molar-refractivity contribution < 1.29 is 9.53 Å². The molecule has 1 amide bonds. The van der Waals surface area contributed by atoms with Crippen LogP contribution in [0.2, 0.25) is 5.02 Å². The number of rotatable bonds is 5. The van der Waals surface area contributed by atoms with E-state index in [1.54, 1.807) is 0 Å². The number of amides is 1. The molecule has 4 rings (SSSR count). The molecular formula is C26H27ClN2O2. The van der Waals surface area contributed by atoms with Crippen LogP contribution < -0.4 is 9.64 Å². The lowest BCUT2D eigenvalue weighted by molar-refractivity contribution is 0.0746. The Morgan fingerprint density at radius 1 is 0.935 bits per heavy atom. The molecule has 0 spiro atoms. The van der Waals surface area contributed by atoms with Crippen molar-refractivity contribution >= 4 is 23.2 Å². The van der Waals surface area contributed by atoms with Gasteiger partial charge in [0, 0.05) is 48.0 Å². The molecule has 0 aromatic heterocycles. The van der Waals surface area contributed by atoms with Crippen molar-refractivity contribution in [1.29, 1.82) is 0 Å². The number of benzene rings is 3. The fraction of sp³-hybridized carbons (Fsp3) is 0.269. The maximum absolute atomic E-state index is 13.1. The molecule has 0 bridgehead atoms. The molecule has 1 heterocycles. The lowest BCUT2D eigenvalue weighted by atomic mass is 10.1. The number of nitrogens with zero attached hydrogens (tertiary/aromatic N) is 2. The third-order valence-electron chi connectivity index (χ3n) is 5.92. The summed E-state index contributed by atoms with van der Waals surface area (Å²) >= 11 is 6.20. The predicted octanol–water partition coefficient (Wildman–Crippen LogP) is 5.50. The largest absolute Gasteiger partial charge is 0.489 e. The first kappa shape index (κ1) is 21.3. The average molecular weight is 435 g/mol. The van der Waals surface area contributed by atoms with Crippen molar-refractivity contribution in [2.24, 2.45) is 0 Å². The minimum Gasteiger partial charge on any atom is -0.489 e. The van der Waals surface area contributed by atoms with Crippen LogP contribution in [0.1, 0.15) is 27.0 Å². The maximum Gasteiger partial charge on any atom is 0.254 e. The van der Waals surface area contributed by atoms with E-state index in [0.717, 1.165) is 18.7 Å². The Hall–Kier alpha value is -2.98. The highest BCUT2D eigenvalue weighted by atomic mass is 35.5. The molecule has 0 aliphatic carbocycles. The van der Waals surface area contributed by atoms with Gasteiger partial charge in [-0.05, 0) is 55.3 Å². The van der Waals surface area contributed by atoms with Gasteiger partial charge < -0.3 is 14.5 Å². The molecule has 3 aromatic carbocycles. The van der Waals surface area contributed by atoms with E-state index in [4.69, 9.17) is 16.3 Å². The molecule has 0 N–H and O–H groups in total. The molecule has 1 aliphatic heterocycles. The zero-order chi connectivity index (χ0) is 21.8. The highest BCUT2D eigenvalue weighted by molar-refractivity contribution is 6.31. The van der Waals surface area contributed by atoms with Crippen LogP contribution in [0.5, 0.6) is 5.75 Å². The Morgan fingerprint density at radius 3 is 2.45 bits per heavy atom. The summed E-state index contributed by atoms with van der Waals surface area (Å²) in [5, 5.41) is 0.677. The first-order chi connectivity index (χ1) is 15.0. The van der Waals surface area contributed by atoms with Crippen LogP contribution in [0.25, 0.3) is 0 Å². The van der Waals surface area contributed by atoms with E-state index in [-0.39, 0.29) is 5.91 Å². The van der Waals surface area contributed by atoms with Gasteiger partial charge in [0.05, 0.1) is 0 Å². The van der Waals surface area contributed by atoms with Crippen LogP contribution in [-0.2, 0) is 6.61 Å². The lowest BCUT2D eigenvalue weighted by Crippen LogP contribution is -2.49. The Kier molecular flexibility index (Phi) is 6.47. The van der Waals surface area contributed by atoms with E-state index >= 15 is 0 Å². The van der Waals surface area contributed by atoms with E-state index < -0.39 is 0 Å². The third kappa shape index (κ3) is 4.86. The topological polar surface area (TPSA) is 32.8 Å². The van der Waals surface area contributed by atoms with E-state index in [9.17, 15) is 4.79 Å². The summed E-state index contributed by atoms with van der Waals surface area (Å²) in [4.78, 5) is 17.4. The van der Waals surface area contributed by atoms with Crippen LogP contribution in [0, 0.1) is 13.8 Å². The molecule has 0 saturated carbocycles. The first-order valence-electron chi connectivity index (χ1n) is 10.6. The third-order valence-corrected chi connectivity index (χ3v) is 6.29. The fourth-order valence-corrected chi connectivity index (χ4v) is 4.10. The summed E-state index contributed by atoms with van der Waals surface area (Å²) in [6.45, 7) is 7.74. The molecule has 4 nitrogen and oxygen atoms in total. The molecule has 3 aromatic rings. The molecule has 31 heavy (non-hydrogen) atoms. The Balaban J connectivity index is 1.38. The van der Waals surface area contributed by atoms with Crippen LogP contribution in [-0.4, -0.2) is 37.0 Å². The van der Waals surface area contributed by atoms with Crippen LogP contribution in [0.15, 0.2) is 66.7 Å². The summed E-state index contributed by atoms with van der Waals surface area (Å²) in [6, 6.07) is 21.4. The van der Waals surface area contributed by atoms with Gasteiger partial charge in [-0.2, -0.15) is 0 Å².